The van der Waals surface area contributed by atoms with Crippen molar-refractivity contribution in [3.05, 3.63) is 0 Å². The van der Waals surface area contributed by atoms with E-state index in [1.807, 2.05) is 0 Å². The lowest BCUT2D eigenvalue weighted by Crippen LogP contribution is -2.46. The van der Waals surface area contributed by atoms with Gasteiger partial charge in [0.05, 0.1) is 23.3 Å². The molecule has 0 bridgehead atoms. The van der Waals surface area contributed by atoms with Crippen molar-refractivity contribution in [1.82, 2.24) is 5.32 Å². The van der Waals surface area contributed by atoms with Crippen LogP contribution in [-0.4, -0.2) is 42.9 Å². The molecule has 0 radical (unpaired) electrons. The van der Waals surface area contributed by atoms with Crippen LogP contribution in [0, 0.1) is 11.8 Å². The lowest BCUT2D eigenvalue weighted by molar-refractivity contribution is -0.149. The third-order valence-corrected chi connectivity index (χ3v) is 6.04. The highest BCUT2D eigenvalue weighted by Crippen LogP contribution is 2.30. The molecule has 2 unspecified atom stereocenters. The fourth-order valence-electron chi connectivity index (χ4n) is 3.08. The fraction of sp³-hybridized carbons (Fsp3) is 0.846. The molecular formula is C13H21NO5S. The van der Waals surface area contributed by atoms with Crippen LogP contribution in [0.4, 0.5) is 0 Å². The molecule has 2 aliphatic rings. The summed E-state index contributed by atoms with van der Waals surface area (Å²) < 4.78 is 22.7. The zero-order valence-corrected chi connectivity index (χ0v) is 12.2. The van der Waals surface area contributed by atoms with Crippen molar-refractivity contribution in [2.45, 2.75) is 44.6 Å². The molecule has 2 atom stereocenters. The van der Waals surface area contributed by atoms with Crippen molar-refractivity contribution in [2.24, 2.45) is 11.8 Å². The summed E-state index contributed by atoms with van der Waals surface area (Å²) in [5.41, 5.74) is 0. The Labute approximate surface area is 118 Å². The van der Waals surface area contributed by atoms with Crippen LogP contribution < -0.4 is 5.32 Å². The highest BCUT2D eigenvalue weighted by Gasteiger charge is 2.36. The zero-order valence-electron chi connectivity index (χ0n) is 11.4. The first kappa shape index (κ1) is 15.3. The summed E-state index contributed by atoms with van der Waals surface area (Å²) in [5.74, 6) is -2.00. The molecule has 1 heterocycles. The van der Waals surface area contributed by atoms with Crippen molar-refractivity contribution in [3.63, 3.8) is 0 Å². The van der Waals surface area contributed by atoms with Crippen LogP contribution >= 0.6 is 0 Å². The predicted molar refractivity (Wildman–Crippen MR) is 72.9 cm³/mol. The second-order valence-corrected chi connectivity index (χ2v) is 8.07. The van der Waals surface area contributed by atoms with Gasteiger partial charge < -0.3 is 10.4 Å². The lowest BCUT2D eigenvalue weighted by atomic mass is 9.78. The van der Waals surface area contributed by atoms with Gasteiger partial charge in [-0.1, -0.05) is 12.8 Å². The zero-order chi connectivity index (χ0) is 14.8. The molecule has 1 saturated heterocycles. The maximum absolute atomic E-state index is 12.2. The number of hydrogen-bond donors (Lipinski definition) is 2. The lowest BCUT2D eigenvalue weighted by Gasteiger charge is -2.30. The van der Waals surface area contributed by atoms with Gasteiger partial charge in [-0.05, 0) is 25.7 Å². The Kier molecular flexibility index (Phi) is 4.67. The molecule has 2 rings (SSSR count). The number of carboxylic acids is 1. The third-order valence-electron chi connectivity index (χ3n) is 4.32. The summed E-state index contributed by atoms with van der Waals surface area (Å²) in [4.78, 5) is 23.4. The molecule has 1 amide bonds. The molecule has 20 heavy (non-hydrogen) atoms. The van der Waals surface area contributed by atoms with Crippen LogP contribution in [0.5, 0.6) is 0 Å². The minimum absolute atomic E-state index is 0.102. The van der Waals surface area contributed by atoms with Crippen LogP contribution in [0.15, 0.2) is 0 Å². The molecule has 0 spiro atoms. The van der Waals surface area contributed by atoms with E-state index in [4.69, 9.17) is 0 Å². The van der Waals surface area contributed by atoms with Gasteiger partial charge >= 0.3 is 5.97 Å². The van der Waals surface area contributed by atoms with Crippen molar-refractivity contribution in [2.75, 3.05) is 11.5 Å². The van der Waals surface area contributed by atoms with E-state index in [1.54, 1.807) is 0 Å². The molecule has 1 saturated carbocycles. The van der Waals surface area contributed by atoms with Gasteiger partial charge in [0, 0.05) is 6.04 Å². The third kappa shape index (κ3) is 3.71. The molecule has 0 aromatic heterocycles. The number of nitrogens with one attached hydrogen (secondary N) is 1. The molecule has 114 valence electrons. The largest absolute Gasteiger partial charge is 0.481 e. The van der Waals surface area contributed by atoms with Crippen molar-refractivity contribution in [3.8, 4) is 0 Å². The average molecular weight is 303 g/mol. The number of carbonyl (C=O) groups is 2. The quantitative estimate of drug-likeness (QED) is 0.794. The highest BCUT2D eigenvalue weighted by molar-refractivity contribution is 7.91. The summed E-state index contributed by atoms with van der Waals surface area (Å²) in [6.45, 7) is 0. The topological polar surface area (TPSA) is 101 Å². The van der Waals surface area contributed by atoms with Crippen LogP contribution in [0.2, 0.25) is 0 Å². The fourth-order valence-corrected chi connectivity index (χ4v) is 4.57. The van der Waals surface area contributed by atoms with Crippen LogP contribution in [0.3, 0.4) is 0 Å². The second kappa shape index (κ2) is 6.11. The van der Waals surface area contributed by atoms with Gasteiger partial charge in [0.25, 0.3) is 0 Å². The molecule has 1 aliphatic heterocycles. The molecular weight excluding hydrogens is 282 g/mol. The normalized spacial score (nSPS) is 30.6. The smallest absolute Gasteiger partial charge is 0.307 e. The van der Waals surface area contributed by atoms with E-state index in [0.717, 1.165) is 12.8 Å². The Morgan fingerprint density at radius 3 is 2.05 bits per heavy atom. The maximum atomic E-state index is 12.2. The molecule has 6 nitrogen and oxygen atoms in total. The number of hydrogen-bond acceptors (Lipinski definition) is 4. The van der Waals surface area contributed by atoms with E-state index in [1.165, 1.54) is 0 Å². The van der Waals surface area contributed by atoms with Crippen molar-refractivity contribution >= 4 is 21.7 Å². The van der Waals surface area contributed by atoms with Crippen LogP contribution in [0.1, 0.15) is 38.5 Å². The SMILES string of the molecule is O=C(O)C1CCCCC1C(=O)NC1CCS(=O)(=O)CC1. The number of amides is 1. The summed E-state index contributed by atoms with van der Waals surface area (Å²) in [5, 5.41) is 12.0. The Morgan fingerprint density at radius 1 is 0.950 bits per heavy atom. The Bertz CT molecular complexity index is 473. The first-order valence-electron chi connectivity index (χ1n) is 7.12. The van der Waals surface area contributed by atoms with Gasteiger partial charge in [-0.3, -0.25) is 9.59 Å². The van der Waals surface area contributed by atoms with Crippen LogP contribution in [-0.2, 0) is 19.4 Å². The number of carbonyl (C=O) groups excluding carboxylic acids is 1. The van der Waals surface area contributed by atoms with E-state index < -0.39 is 27.6 Å². The Morgan fingerprint density at radius 2 is 1.50 bits per heavy atom. The summed E-state index contributed by atoms with van der Waals surface area (Å²) in [7, 11) is -2.95. The standard InChI is InChI=1S/C13H21NO5S/c15-12(10-3-1-2-4-11(10)13(16)17)14-9-5-7-20(18,19)8-6-9/h9-11H,1-8H2,(H,14,15)(H,16,17). The Balaban J connectivity index is 1.92. The number of aliphatic carboxylic acids is 1. The molecule has 2 fully saturated rings. The molecule has 7 heteroatoms. The molecule has 2 N–H and O–H groups in total. The monoisotopic (exact) mass is 303 g/mol. The van der Waals surface area contributed by atoms with Gasteiger partial charge in [-0.25, -0.2) is 8.42 Å². The first-order chi connectivity index (χ1) is 9.39. The van der Waals surface area contributed by atoms with E-state index in [2.05, 4.69) is 5.32 Å². The van der Waals surface area contributed by atoms with Crippen molar-refractivity contribution < 1.29 is 23.1 Å². The molecule has 1 aliphatic carbocycles. The van der Waals surface area contributed by atoms with E-state index in [9.17, 15) is 23.1 Å². The van der Waals surface area contributed by atoms with Gasteiger partial charge in [0.2, 0.25) is 5.91 Å². The van der Waals surface area contributed by atoms with Crippen molar-refractivity contribution in [1.29, 1.82) is 0 Å². The Hall–Kier alpha value is -1.11. The molecule has 0 aromatic carbocycles. The summed E-state index contributed by atoms with van der Waals surface area (Å²) >= 11 is 0. The van der Waals surface area contributed by atoms with Gasteiger partial charge in [0.1, 0.15) is 9.84 Å². The number of carboxylic acid groups (broad SMARTS) is 1. The summed E-state index contributed by atoms with van der Waals surface area (Å²) in [6, 6.07) is -0.137. The van der Waals surface area contributed by atoms with E-state index in [-0.39, 0.29) is 23.5 Å². The minimum Gasteiger partial charge on any atom is -0.481 e. The van der Waals surface area contributed by atoms with E-state index >= 15 is 0 Å². The minimum atomic E-state index is -2.95. The number of sulfone groups is 1. The second-order valence-electron chi connectivity index (χ2n) is 5.77. The predicted octanol–water partition coefficient (Wildman–Crippen LogP) is 0.571. The van der Waals surface area contributed by atoms with Crippen LogP contribution in [0.25, 0.3) is 0 Å². The highest BCUT2D eigenvalue weighted by atomic mass is 32.2. The summed E-state index contributed by atoms with van der Waals surface area (Å²) in [6.07, 6.45) is 3.74. The maximum Gasteiger partial charge on any atom is 0.307 e. The van der Waals surface area contributed by atoms with Gasteiger partial charge in [-0.2, -0.15) is 0 Å². The number of rotatable bonds is 3. The van der Waals surface area contributed by atoms with Gasteiger partial charge in [0.15, 0.2) is 0 Å². The first-order valence-corrected chi connectivity index (χ1v) is 8.95. The van der Waals surface area contributed by atoms with Gasteiger partial charge in [-0.15, -0.1) is 0 Å². The molecule has 0 aromatic rings. The average Bonchev–Trinajstić information content (AvgIpc) is 2.41. The van der Waals surface area contributed by atoms with E-state index in [0.29, 0.717) is 25.7 Å².